The van der Waals surface area contributed by atoms with E-state index in [1.165, 1.54) is 10.8 Å². The Kier molecular flexibility index (Phi) is 13.2. The topological polar surface area (TPSA) is 0 Å². The van der Waals surface area contributed by atoms with Crippen LogP contribution in [-0.2, 0) is 21.7 Å². The Morgan fingerprint density at radius 3 is 1.63 bits per heavy atom. The van der Waals surface area contributed by atoms with Gasteiger partial charge >= 0.3 is 21.7 Å². The summed E-state index contributed by atoms with van der Waals surface area (Å²) in [4.78, 5) is 0. The predicted octanol–water partition coefficient (Wildman–Crippen LogP) is 7.85. The molecule has 0 saturated heterocycles. The fourth-order valence-electron chi connectivity index (χ4n) is 2.42. The minimum Gasteiger partial charge on any atom is -0.214 e. The Hall–Kier alpha value is -3.06. The van der Waals surface area contributed by atoms with Gasteiger partial charge in [0, 0.05) is 0 Å². The Balaban J connectivity index is 0.000000202. The Bertz CT molecular complexity index is 962. The molecule has 0 atom stereocenters. The molecule has 5 rings (SSSR count). The normalized spacial score (nSPS) is 8.67. The van der Waals surface area contributed by atoms with Gasteiger partial charge in [-0.1, -0.05) is 18.2 Å². The van der Waals surface area contributed by atoms with E-state index in [0.29, 0.717) is 0 Å². The van der Waals surface area contributed by atoms with E-state index in [2.05, 4.69) is 62.0 Å². The zero-order chi connectivity index (χ0) is 20.6. The van der Waals surface area contributed by atoms with Gasteiger partial charge in [0.15, 0.2) is 0 Å². The van der Waals surface area contributed by atoms with Crippen molar-refractivity contribution in [3.05, 3.63) is 164 Å². The summed E-state index contributed by atoms with van der Waals surface area (Å²) in [5.41, 5.74) is 2.12. The van der Waals surface area contributed by atoms with Crippen molar-refractivity contribution in [3.63, 3.8) is 0 Å². The second-order valence-corrected chi connectivity index (χ2v) is 6.15. The molecule has 0 N–H and O–H groups in total. The number of benzene rings is 3. The molecule has 0 aliphatic rings. The second kappa shape index (κ2) is 15.8. The Morgan fingerprint density at radius 1 is 0.633 bits per heavy atom. The van der Waals surface area contributed by atoms with Crippen LogP contribution in [0.25, 0.3) is 10.8 Å². The number of hydrogen-bond donors (Lipinski definition) is 0. The summed E-state index contributed by atoms with van der Waals surface area (Å²) in [7, 11) is 0. The van der Waals surface area contributed by atoms with Crippen LogP contribution < -0.4 is 0 Å². The predicted molar refractivity (Wildman–Crippen MR) is 127 cm³/mol. The summed E-state index contributed by atoms with van der Waals surface area (Å²) in [5.74, 6) is 0. The van der Waals surface area contributed by atoms with Gasteiger partial charge in [-0.15, -0.1) is 53.9 Å². The molecule has 0 aliphatic carbocycles. The standard InChI is InChI=1S/C9H7.C8H7.C7H7.C5H5.Ti/c1-2-5-9-7-3-6-8(9)4-1;1-2-8-6-4-3-5-7-8;1-7-5-3-2-4-6-7;1-2-4-5-3-1;/h1-7H;3-7H,1H2;2-6H,1H2;1-5H;/q4*-1;+4. The summed E-state index contributed by atoms with van der Waals surface area (Å²) >= 11 is 0. The zero-order valence-electron chi connectivity index (χ0n) is 17.1. The van der Waals surface area contributed by atoms with Crippen molar-refractivity contribution in [2.75, 3.05) is 0 Å². The molecule has 0 aliphatic heterocycles. The van der Waals surface area contributed by atoms with Crippen LogP contribution in [0.2, 0.25) is 0 Å². The van der Waals surface area contributed by atoms with Crippen LogP contribution in [0.15, 0.2) is 140 Å². The molecule has 5 aromatic carbocycles. The molecule has 0 unspecified atom stereocenters. The van der Waals surface area contributed by atoms with Gasteiger partial charge in [-0.3, -0.25) is 0 Å². The van der Waals surface area contributed by atoms with Crippen LogP contribution in [0.3, 0.4) is 0 Å². The van der Waals surface area contributed by atoms with E-state index in [9.17, 15) is 0 Å². The summed E-state index contributed by atoms with van der Waals surface area (Å²) in [6.45, 7) is 7.23. The third kappa shape index (κ3) is 10.5. The van der Waals surface area contributed by atoms with Gasteiger partial charge in [0.1, 0.15) is 0 Å². The molecule has 0 bridgehead atoms. The van der Waals surface area contributed by atoms with Gasteiger partial charge in [0.05, 0.1) is 0 Å². The minimum absolute atomic E-state index is 0. The summed E-state index contributed by atoms with van der Waals surface area (Å²) in [6.07, 6.45) is 2.78. The van der Waals surface area contributed by atoms with Gasteiger partial charge in [0.2, 0.25) is 0 Å². The summed E-state index contributed by atoms with van der Waals surface area (Å²) in [6, 6.07) is 44.4. The molecule has 1 heteroatoms. The molecule has 5 aromatic rings. The maximum Gasteiger partial charge on any atom is 4.00 e. The van der Waals surface area contributed by atoms with Gasteiger partial charge < -0.3 is 0 Å². The molecule has 0 fully saturated rings. The molecular formula is C29H26Ti. The van der Waals surface area contributed by atoms with Crippen molar-refractivity contribution >= 4 is 10.8 Å². The van der Waals surface area contributed by atoms with E-state index in [0.717, 1.165) is 11.1 Å². The molecule has 0 aromatic heterocycles. The second-order valence-electron chi connectivity index (χ2n) is 6.15. The summed E-state index contributed by atoms with van der Waals surface area (Å²) in [5, 5.41) is 2.66. The average molecular weight is 422 g/mol. The Morgan fingerprint density at radius 2 is 1.20 bits per heavy atom. The van der Waals surface area contributed by atoms with Crippen LogP contribution in [0.1, 0.15) is 11.1 Å². The third-order valence-corrected chi connectivity index (χ3v) is 3.92. The molecular weight excluding hydrogens is 396 g/mol. The number of hydrogen-bond acceptors (Lipinski definition) is 0. The van der Waals surface area contributed by atoms with Gasteiger partial charge in [0.25, 0.3) is 0 Å². The minimum atomic E-state index is 0. The number of fused-ring (bicyclic) bond motifs is 1. The monoisotopic (exact) mass is 422 g/mol. The summed E-state index contributed by atoms with van der Waals surface area (Å²) < 4.78 is 0. The van der Waals surface area contributed by atoms with E-state index in [1.54, 1.807) is 0 Å². The molecule has 0 heterocycles. The third-order valence-electron chi connectivity index (χ3n) is 3.92. The Labute approximate surface area is 196 Å². The van der Waals surface area contributed by atoms with Crippen LogP contribution in [0.4, 0.5) is 0 Å². The molecule has 0 nitrogen and oxygen atoms in total. The van der Waals surface area contributed by atoms with Crippen molar-refractivity contribution in [3.8, 4) is 0 Å². The van der Waals surface area contributed by atoms with E-state index in [1.807, 2.05) is 91.0 Å². The van der Waals surface area contributed by atoms with Crippen LogP contribution >= 0.6 is 0 Å². The smallest absolute Gasteiger partial charge is 0.214 e. The fourth-order valence-corrected chi connectivity index (χ4v) is 2.42. The van der Waals surface area contributed by atoms with Crippen molar-refractivity contribution < 1.29 is 21.7 Å². The largest absolute Gasteiger partial charge is 4.00 e. The maximum atomic E-state index is 3.72. The van der Waals surface area contributed by atoms with Crippen molar-refractivity contribution in [2.24, 2.45) is 0 Å². The average Bonchev–Trinajstić information content (AvgIpc) is 3.51. The molecule has 0 spiro atoms. The van der Waals surface area contributed by atoms with E-state index in [-0.39, 0.29) is 21.7 Å². The SMILES string of the molecule is C=[C-]c1ccccc1.[CH2-]c1ccccc1.[Ti+4].c1cc[cH-]c1.c1ccc2[cH-]ccc2c1. The number of rotatable bonds is 1. The first kappa shape index (κ1) is 25.0. The first-order valence-electron chi connectivity index (χ1n) is 9.52. The maximum absolute atomic E-state index is 3.72. The van der Waals surface area contributed by atoms with Gasteiger partial charge in [-0.05, 0) is 0 Å². The van der Waals surface area contributed by atoms with Gasteiger partial charge in [-0.25, -0.2) is 12.1 Å². The first-order chi connectivity index (χ1) is 14.3. The molecule has 0 amide bonds. The van der Waals surface area contributed by atoms with Crippen LogP contribution in [0.5, 0.6) is 0 Å². The molecule has 146 valence electrons. The zero-order valence-corrected chi connectivity index (χ0v) is 18.7. The van der Waals surface area contributed by atoms with Crippen LogP contribution in [-0.4, -0.2) is 0 Å². The van der Waals surface area contributed by atoms with Crippen molar-refractivity contribution in [1.82, 2.24) is 0 Å². The first-order valence-corrected chi connectivity index (χ1v) is 9.52. The van der Waals surface area contributed by atoms with Crippen LogP contribution in [0, 0.1) is 13.0 Å². The fraction of sp³-hybridized carbons (Fsp3) is 0. The van der Waals surface area contributed by atoms with Crippen molar-refractivity contribution in [1.29, 1.82) is 0 Å². The molecule has 30 heavy (non-hydrogen) atoms. The van der Waals surface area contributed by atoms with E-state index >= 15 is 0 Å². The quantitative estimate of drug-likeness (QED) is 0.191. The molecule has 0 saturated carbocycles. The van der Waals surface area contributed by atoms with Gasteiger partial charge in [-0.2, -0.15) is 90.7 Å². The molecule has 0 radical (unpaired) electrons. The van der Waals surface area contributed by atoms with E-state index in [4.69, 9.17) is 0 Å². The van der Waals surface area contributed by atoms with Crippen molar-refractivity contribution in [2.45, 2.75) is 0 Å². The van der Waals surface area contributed by atoms with E-state index < -0.39 is 0 Å².